The van der Waals surface area contributed by atoms with Crippen molar-refractivity contribution in [1.82, 2.24) is 5.32 Å². The first-order valence-corrected chi connectivity index (χ1v) is 5.40. The summed E-state index contributed by atoms with van der Waals surface area (Å²) in [6, 6.07) is 0. The van der Waals surface area contributed by atoms with Crippen molar-refractivity contribution in [3.8, 4) is 0 Å². The summed E-state index contributed by atoms with van der Waals surface area (Å²) in [4.78, 5) is 0. The molecule has 0 spiro atoms. The van der Waals surface area contributed by atoms with Gasteiger partial charge < -0.3 is 19.9 Å². The van der Waals surface area contributed by atoms with E-state index in [1.165, 1.54) is 6.42 Å². The predicted octanol–water partition coefficient (Wildman–Crippen LogP) is 0.0115. The molecule has 4 heteroatoms. The minimum atomic E-state index is 0.0910. The van der Waals surface area contributed by atoms with E-state index in [1.54, 1.807) is 0 Å². The molecule has 1 saturated heterocycles. The molecule has 1 aliphatic heterocycles. The van der Waals surface area contributed by atoms with Crippen molar-refractivity contribution in [3.63, 3.8) is 0 Å². The number of ether oxygens (including phenoxy) is 2. The fourth-order valence-corrected chi connectivity index (χ4v) is 1.60. The molecule has 0 radical (unpaired) electrons. The third-order valence-corrected chi connectivity index (χ3v) is 2.44. The molecule has 4 nitrogen and oxygen atoms in total. The maximum atomic E-state index is 8.44. The molecule has 1 unspecified atom stereocenters. The van der Waals surface area contributed by atoms with Gasteiger partial charge in [0.15, 0.2) is 0 Å². The fourth-order valence-electron chi connectivity index (χ4n) is 1.60. The quantitative estimate of drug-likeness (QED) is 0.546. The minimum Gasteiger partial charge on any atom is -0.394 e. The molecular weight excluding hydrogens is 182 g/mol. The van der Waals surface area contributed by atoms with Gasteiger partial charge in [0.25, 0.3) is 0 Å². The van der Waals surface area contributed by atoms with Crippen LogP contribution in [0.2, 0.25) is 0 Å². The molecule has 0 aromatic carbocycles. The van der Waals surface area contributed by atoms with Crippen molar-refractivity contribution in [2.45, 2.75) is 12.8 Å². The highest BCUT2D eigenvalue weighted by molar-refractivity contribution is 4.70. The summed E-state index contributed by atoms with van der Waals surface area (Å²) in [6.45, 7) is 4.86. The zero-order valence-electron chi connectivity index (χ0n) is 8.71. The molecule has 0 aromatic heterocycles. The Morgan fingerprint density at radius 1 is 1.14 bits per heavy atom. The molecule has 1 heterocycles. The molecule has 0 saturated carbocycles. The Bertz CT molecular complexity index is 127. The summed E-state index contributed by atoms with van der Waals surface area (Å²) in [5.41, 5.74) is 0. The van der Waals surface area contributed by atoms with Crippen molar-refractivity contribution < 1.29 is 14.6 Å². The van der Waals surface area contributed by atoms with Crippen LogP contribution in [0.5, 0.6) is 0 Å². The van der Waals surface area contributed by atoms with Crippen LogP contribution < -0.4 is 5.32 Å². The zero-order valence-corrected chi connectivity index (χ0v) is 8.71. The molecular formula is C10H21NO3. The van der Waals surface area contributed by atoms with E-state index in [0.717, 1.165) is 32.0 Å². The first kappa shape index (κ1) is 11.9. The van der Waals surface area contributed by atoms with Gasteiger partial charge in [0.2, 0.25) is 0 Å². The summed E-state index contributed by atoms with van der Waals surface area (Å²) in [7, 11) is 0. The molecule has 84 valence electrons. The summed E-state index contributed by atoms with van der Waals surface area (Å²) in [6.07, 6.45) is 2.43. The second kappa shape index (κ2) is 8.17. The Hall–Kier alpha value is -0.160. The lowest BCUT2D eigenvalue weighted by Gasteiger charge is -2.08. The Morgan fingerprint density at radius 2 is 1.93 bits per heavy atom. The molecule has 0 bridgehead atoms. The fraction of sp³-hybridized carbons (Fsp3) is 1.00. The Kier molecular flexibility index (Phi) is 6.95. The van der Waals surface area contributed by atoms with E-state index in [4.69, 9.17) is 14.6 Å². The van der Waals surface area contributed by atoms with Crippen LogP contribution in [0.1, 0.15) is 12.8 Å². The number of hydrogen-bond donors (Lipinski definition) is 2. The Morgan fingerprint density at radius 3 is 2.57 bits per heavy atom. The number of aliphatic hydroxyl groups is 1. The summed E-state index contributed by atoms with van der Waals surface area (Å²) in [5, 5.41) is 11.8. The van der Waals surface area contributed by atoms with Gasteiger partial charge in [0.05, 0.1) is 26.4 Å². The molecule has 0 amide bonds. The number of hydrogen-bond acceptors (Lipinski definition) is 4. The number of nitrogens with one attached hydrogen (secondary N) is 1. The largest absolute Gasteiger partial charge is 0.394 e. The van der Waals surface area contributed by atoms with E-state index in [0.29, 0.717) is 19.8 Å². The normalized spacial score (nSPS) is 21.6. The van der Waals surface area contributed by atoms with Gasteiger partial charge in [-0.15, -0.1) is 0 Å². The Labute approximate surface area is 85.6 Å². The van der Waals surface area contributed by atoms with Gasteiger partial charge in [-0.1, -0.05) is 0 Å². The van der Waals surface area contributed by atoms with E-state index in [2.05, 4.69) is 5.32 Å². The van der Waals surface area contributed by atoms with Gasteiger partial charge in [-0.3, -0.25) is 0 Å². The third-order valence-electron chi connectivity index (χ3n) is 2.44. The highest BCUT2D eigenvalue weighted by Crippen LogP contribution is 2.11. The summed E-state index contributed by atoms with van der Waals surface area (Å²) >= 11 is 0. The highest BCUT2D eigenvalue weighted by atomic mass is 16.5. The topological polar surface area (TPSA) is 50.7 Å². The second-order valence-electron chi connectivity index (χ2n) is 3.60. The van der Waals surface area contributed by atoms with E-state index < -0.39 is 0 Å². The van der Waals surface area contributed by atoms with E-state index in [-0.39, 0.29) is 6.61 Å². The van der Waals surface area contributed by atoms with Gasteiger partial charge in [-0.05, 0) is 31.8 Å². The number of aliphatic hydroxyl groups excluding tert-OH is 1. The Balaban J connectivity index is 1.75. The van der Waals surface area contributed by atoms with Crippen LogP contribution in [-0.4, -0.2) is 51.2 Å². The summed E-state index contributed by atoms with van der Waals surface area (Å²) < 4.78 is 10.5. The van der Waals surface area contributed by atoms with Gasteiger partial charge in [-0.2, -0.15) is 0 Å². The first-order chi connectivity index (χ1) is 6.93. The lowest BCUT2D eigenvalue weighted by atomic mass is 10.1. The molecule has 1 rings (SSSR count). The van der Waals surface area contributed by atoms with Crippen LogP contribution in [0.4, 0.5) is 0 Å². The van der Waals surface area contributed by atoms with Gasteiger partial charge >= 0.3 is 0 Å². The number of rotatable bonds is 8. The standard InChI is InChI=1S/C10H21NO3/c12-4-6-14-8-7-13-5-2-10-1-3-11-9-10/h10-12H,1-9H2. The average molecular weight is 203 g/mol. The van der Waals surface area contributed by atoms with Crippen LogP contribution in [0.15, 0.2) is 0 Å². The van der Waals surface area contributed by atoms with Crippen LogP contribution in [0.25, 0.3) is 0 Å². The molecule has 0 aliphatic carbocycles. The lowest BCUT2D eigenvalue weighted by molar-refractivity contribution is 0.0300. The molecule has 14 heavy (non-hydrogen) atoms. The van der Waals surface area contributed by atoms with E-state index >= 15 is 0 Å². The first-order valence-electron chi connectivity index (χ1n) is 5.40. The van der Waals surface area contributed by atoms with Crippen LogP contribution in [0.3, 0.4) is 0 Å². The van der Waals surface area contributed by atoms with Crippen LogP contribution >= 0.6 is 0 Å². The molecule has 1 atom stereocenters. The lowest BCUT2D eigenvalue weighted by Crippen LogP contribution is -2.12. The van der Waals surface area contributed by atoms with Crippen molar-refractivity contribution in [2.24, 2.45) is 5.92 Å². The third kappa shape index (κ3) is 5.54. The van der Waals surface area contributed by atoms with Crippen LogP contribution in [0, 0.1) is 5.92 Å². The van der Waals surface area contributed by atoms with Crippen molar-refractivity contribution in [3.05, 3.63) is 0 Å². The van der Waals surface area contributed by atoms with Gasteiger partial charge in [0.1, 0.15) is 0 Å². The van der Waals surface area contributed by atoms with Crippen molar-refractivity contribution in [2.75, 3.05) is 46.1 Å². The molecule has 1 fully saturated rings. The monoisotopic (exact) mass is 203 g/mol. The SMILES string of the molecule is OCCOCCOCCC1CCNC1. The van der Waals surface area contributed by atoms with Crippen LogP contribution in [-0.2, 0) is 9.47 Å². The van der Waals surface area contributed by atoms with Gasteiger partial charge in [0, 0.05) is 6.61 Å². The maximum absolute atomic E-state index is 8.44. The minimum absolute atomic E-state index is 0.0910. The predicted molar refractivity (Wildman–Crippen MR) is 54.3 cm³/mol. The van der Waals surface area contributed by atoms with E-state index in [9.17, 15) is 0 Å². The summed E-state index contributed by atoms with van der Waals surface area (Å²) in [5.74, 6) is 0.799. The van der Waals surface area contributed by atoms with Gasteiger partial charge in [-0.25, -0.2) is 0 Å². The zero-order chi connectivity index (χ0) is 10.1. The molecule has 1 aliphatic rings. The molecule has 2 N–H and O–H groups in total. The smallest absolute Gasteiger partial charge is 0.0701 e. The second-order valence-corrected chi connectivity index (χ2v) is 3.60. The average Bonchev–Trinajstić information content (AvgIpc) is 2.69. The van der Waals surface area contributed by atoms with Crippen molar-refractivity contribution in [1.29, 1.82) is 0 Å². The molecule has 0 aromatic rings. The van der Waals surface area contributed by atoms with Crippen molar-refractivity contribution >= 4 is 0 Å². The van der Waals surface area contributed by atoms with E-state index in [1.807, 2.05) is 0 Å². The highest BCUT2D eigenvalue weighted by Gasteiger charge is 2.13. The maximum Gasteiger partial charge on any atom is 0.0701 e.